The number of benzene rings is 1. The molecular weight excluding hydrogens is 370 g/mol. The highest BCUT2D eigenvalue weighted by Crippen LogP contribution is 2.32. The van der Waals surface area contributed by atoms with Gasteiger partial charge in [-0.05, 0) is 44.7 Å². The number of carbonyl (C=O) groups excluding carboxylic acids is 1. The van der Waals surface area contributed by atoms with Crippen LogP contribution in [0.25, 0.3) is 11.5 Å². The van der Waals surface area contributed by atoms with Crippen LogP contribution in [0.4, 0.5) is 4.79 Å². The summed E-state index contributed by atoms with van der Waals surface area (Å²) in [7, 11) is 0. The molecule has 0 bridgehead atoms. The zero-order valence-corrected chi connectivity index (χ0v) is 17.0. The summed E-state index contributed by atoms with van der Waals surface area (Å²) >= 11 is 0. The zero-order valence-electron chi connectivity index (χ0n) is 17.0. The van der Waals surface area contributed by atoms with Gasteiger partial charge in [0.05, 0.1) is 19.2 Å². The number of hydrogen-bond donors (Lipinski definition) is 3. The number of amides is 1. The van der Waals surface area contributed by atoms with Gasteiger partial charge in [0.2, 0.25) is 5.89 Å². The Bertz CT molecular complexity index is 802. The maximum Gasteiger partial charge on any atom is 0.407 e. The third-order valence-electron chi connectivity index (χ3n) is 4.58. The largest absolute Gasteiger partial charge is 0.450 e. The van der Waals surface area contributed by atoms with Crippen molar-refractivity contribution in [3.8, 4) is 11.5 Å². The van der Waals surface area contributed by atoms with E-state index in [0.717, 1.165) is 30.6 Å². The van der Waals surface area contributed by atoms with Gasteiger partial charge in [-0.1, -0.05) is 18.2 Å². The maximum absolute atomic E-state index is 11.8. The molecule has 1 atom stereocenters. The van der Waals surface area contributed by atoms with Crippen LogP contribution in [0.5, 0.6) is 0 Å². The van der Waals surface area contributed by atoms with Crippen molar-refractivity contribution in [2.75, 3.05) is 19.7 Å². The van der Waals surface area contributed by atoms with E-state index in [-0.39, 0.29) is 12.1 Å². The molecule has 1 saturated carbocycles. The van der Waals surface area contributed by atoms with Gasteiger partial charge in [-0.15, -0.1) is 0 Å². The Labute approximate surface area is 171 Å². The van der Waals surface area contributed by atoms with E-state index in [0.29, 0.717) is 37.5 Å². The molecule has 1 aliphatic rings. The second-order valence-corrected chi connectivity index (χ2v) is 6.89. The number of aromatic nitrogens is 1. The Morgan fingerprint density at radius 2 is 2.07 bits per heavy atom. The minimum absolute atomic E-state index is 0.0228. The number of oxazole rings is 1. The van der Waals surface area contributed by atoms with Gasteiger partial charge in [-0.25, -0.2) is 14.8 Å². The highest BCUT2D eigenvalue weighted by molar-refractivity contribution is 5.79. The summed E-state index contributed by atoms with van der Waals surface area (Å²) < 4.78 is 10.6. The number of carbonyl (C=O) groups is 1. The monoisotopic (exact) mass is 399 g/mol. The minimum atomic E-state index is -0.371. The average molecular weight is 399 g/mol. The van der Waals surface area contributed by atoms with Gasteiger partial charge >= 0.3 is 6.09 Å². The highest BCUT2D eigenvalue weighted by Gasteiger charge is 2.32. The first-order chi connectivity index (χ1) is 14.2. The van der Waals surface area contributed by atoms with E-state index in [1.54, 1.807) is 13.2 Å². The molecule has 1 aromatic carbocycles. The molecule has 1 unspecified atom stereocenters. The van der Waals surface area contributed by atoms with Crippen LogP contribution in [-0.2, 0) is 11.3 Å². The Morgan fingerprint density at radius 3 is 2.76 bits per heavy atom. The number of ether oxygens (including phenoxy) is 1. The molecule has 2 aromatic rings. The first kappa shape index (κ1) is 20.7. The number of rotatable bonds is 9. The zero-order chi connectivity index (χ0) is 20.5. The molecule has 0 saturated heterocycles. The standard InChI is InChI=1S/C21H29N5O3/c1-3-22-20(24-13-18(15-10-11-15)26-21(27)28-4-2)23-12-17-14-29-19(25-17)16-8-6-5-7-9-16/h5-9,14-15,18H,3-4,10-13H2,1-2H3,(H,26,27)(H2,22,23,24). The van der Waals surface area contributed by atoms with Crippen LogP contribution >= 0.6 is 0 Å². The van der Waals surface area contributed by atoms with Crippen LogP contribution in [0.1, 0.15) is 32.4 Å². The van der Waals surface area contributed by atoms with Crippen molar-refractivity contribution in [2.45, 2.75) is 39.3 Å². The lowest BCUT2D eigenvalue weighted by molar-refractivity contribution is 0.146. The molecule has 1 aromatic heterocycles. The van der Waals surface area contributed by atoms with E-state index in [1.165, 1.54) is 0 Å². The summed E-state index contributed by atoms with van der Waals surface area (Å²) in [6.45, 7) is 5.89. The number of alkyl carbamates (subject to hydrolysis) is 1. The summed E-state index contributed by atoms with van der Waals surface area (Å²) in [6, 6.07) is 9.79. The number of aliphatic imine (C=N–C) groups is 1. The van der Waals surface area contributed by atoms with E-state index >= 15 is 0 Å². The fourth-order valence-corrected chi connectivity index (χ4v) is 2.96. The molecular formula is C21H29N5O3. The van der Waals surface area contributed by atoms with Gasteiger partial charge in [-0.3, -0.25) is 0 Å². The van der Waals surface area contributed by atoms with Gasteiger partial charge in [0.1, 0.15) is 12.0 Å². The van der Waals surface area contributed by atoms with Crippen molar-refractivity contribution >= 4 is 12.1 Å². The smallest absolute Gasteiger partial charge is 0.407 e. The molecule has 1 aliphatic carbocycles. The van der Waals surface area contributed by atoms with Crippen molar-refractivity contribution in [3.05, 3.63) is 42.3 Å². The fourth-order valence-electron chi connectivity index (χ4n) is 2.96. The molecule has 1 heterocycles. The maximum atomic E-state index is 11.8. The second-order valence-electron chi connectivity index (χ2n) is 6.89. The minimum Gasteiger partial charge on any atom is -0.450 e. The lowest BCUT2D eigenvalue weighted by atomic mass is 10.2. The molecule has 0 aliphatic heterocycles. The third kappa shape index (κ3) is 6.51. The van der Waals surface area contributed by atoms with Gasteiger partial charge in [0.15, 0.2) is 5.96 Å². The highest BCUT2D eigenvalue weighted by atomic mass is 16.5. The molecule has 3 N–H and O–H groups in total. The Morgan fingerprint density at radius 1 is 1.28 bits per heavy atom. The molecule has 1 fully saturated rings. The van der Waals surface area contributed by atoms with E-state index in [4.69, 9.17) is 9.15 Å². The molecule has 0 spiro atoms. The molecule has 8 nitrogen and oxygen atoms in total. The second kappa shape index (κ2) is 10.5. The number of hydrogen-bond acceptors (Lipinski definition) is 5. The van der Waals surface area contributed by atoms with Crippen LogP contribution in [0.3, 0.4) is 0 Å². The number of nitrogens with zero attached hydrogens (tertiary/aromatic N) is 2. The summed E-state index contributed by atoms with van der Waals surface area (Å²) in [5.74, 6) is 1.74. The van der Waals surface area contributed by atoms with Gasteiger partial charge < -0.3 is 25.1 Å². The van der Waals surface area contributed by atoms with E-state index in [9.17, 15) is 4.79 Å². The lowest BCUT2D eigenvalue weighted by Crippen LogP contribution is -2.48. The summed E-state index contributed by atoms with van der Waals surface area (Å²) in [5, 5.41) is 9.47. The Kier molecular flexibility index (Phi) is 7.49. The van der Waals surface area contributed by atoms with Crippen LogP contribution in [-0.4, -0.2) is 42.8 Å². The molecule has 29 heavy (non-hydrogen) atoms. The lowest BCUT2D eigenvalue weighted by Gasteiger charge is -2.20. The first-order valence-corrected chi connectivity index (χ1v) is 10.1. The first-order valence-electron chi connectivity index (χ1n) is 10.1. The summed E-state index contributed by atoms with van der Waals surface area (Å²) in [4.78, 5) is 20.8. The van der Waals surface area contributed by atoms with Crippen molar-refractivity contribution in [2.24, 2.45) is 10.9 Å². The van der Waals surface area contributed by atoms with Crippen molar-refractivity contribution in [1.82, 2.24) is 20.9 Å². The SMILES string of the molecule is CCNC(=NCc1coc(-c2ccccc2)n1)NCC(NC(=O)OCC)C1CC1. The van der Waals surface area contributed by atoms with Crippen molar-refractivity contribution < 1.29 is 13.9 Å². The van der Waals surface area contributed by atoms with Crippen LogP contribution < -0.4 is 16.0 Å². The normalized spacial score (nSPS) is 14.9. The van der Waals surface area contributed by atoms with Crippen LogP contribution in [0.2, 0.25) is 0 Å². The molecule has 8 heteroatoms. The van der Waals surface area contributed by atoms with Crippen molar-refractivity contribution in [1.29, 1.82) is 0 Å². The topological polar surface area (TPSA) is 101 Å². The number of nitrogens with one attached hydrogen (secondary N) is 3. The summed E-state index contributed by atoms with van der Waals surface area (Å²) in [6.07, 6.45) is 3.50. The van der Waals surface area contributed by atoms with Gasteiger partial charge in [0, 0.05) is 18.7 Å². The van der Waals surface area contributed by atoms with Gasteiger partial charge in [-0.2, -0.15) is 0 Å². The van der Waals surface area contributed by atoms with Gasteiger partial charge in [0.25, 0.3) is 0 Å². The molecule has 156 valence electrons. The molecule has 3 rings (SSSR count). The number of guanidine groups is 1. The van der Waals surface area contributed by atoms with E-state index in [2.05, 4.69) is 25.9 Å². The predicted octanol–water partition coefficient (Wildman–Crippen LogP) is 2.92. The predicted molar refractivity (Wildman–Crippen MR) is 111 cm³/mol. The quantitative estimate of drug-likeness (QED) is 0.443. The Balaban J connectivity index is 1.56. The van der Waals surface area contributed by atoms with E-state index in [1.807, 2.05) is 37.3 Å². The Hall–Kier alpha value is -3.03. The fraction of sp³-hybridized carbons (Fsp3) is 0.476. The molecule has 1 amide bonds. The third-order valence-corrected chi connectivity index (χ3v) is 4.58. The van der Waals surface area contributed by atoms with Crippen LogP contribution in [0.15, 0.2) is 46.0 Å². The average Bonchev–Trinajstić information content (AvgIpc) is 3.47. The van der Waals surface area contributed by atoms with Crippen molar-refractivity contribution in [3.63, 3.8) is 0 Å². The molecule has 0 radical (unpaired) electrons. The van der Waals surface area contributed by atoms with E-state index < -0.39 is 0 Å². The summed E-state index contributed by atoms with van der Waals surface area (Å²) in [5.41, 5.74) is 1.69. The van der Waals surface area contributed by atoms with Crippen LogP contribution in [0, 0.1) is 5.92 Å².